The minimum atomic E-state index is -0.327. The SMILES string of the molecule is CCc1nc(C(=O)NCCNC)nn1-c1c(Cl)cccc1Cl.Cl. The van der Waals surface area contributed by atoms with Crippen LogP contribution in [0.5, 0.6) is 0 Å². The van der Waals surface area contributed by atoms with Gasteiger partial charge in [-0.1, -0.05) is 36.2 Å². The Labute approximate surface area is 151 Å². The fourth-order valence-electron chi connectivity index (χ4n) is 1.92. The second-order valence-electron chi connectivity index (χ2n) is 4.55. The Morgan fingerprint density at radius 1 is 1.26 bits per heavy atom. The maximum absolute atomic E-state index is 12.1. The van der Waals surface area contributed by atoms with Crippen LogP contribution in [0.25, 0.3) is 5.69 Å². The molecule has 1 aromatic carbocycles. The molecule has 2 rings (SSSR count). The number of aromatic nitrogens is 3. The molecule has 2 N–H and O–H groups in total. The van der Waals surface area contributed by atoms with Crippen LogP contribution < -0.4 is 10.6 Å². The number of benzene rings is 1. The van der Waals surface area contributed by atoms with Gasteiger partial charge in [0.15, 0.2) is 0 Å². The van der Waals surface area contributed by atoms with Crippen LogP contribution in [0.4, 0.5) is 0 Å². The van der Waals surface area contributed by atoms with E-state index < -0.39 is 0 Å². The van der Waals surface area contributed by atoms with Crippen molar-refractivity contribution in [3.05, 3.63) is 39.9 Å². The lowest BCUT2D eigenvalue weighted by molar-refractivity contribution is 0.0944. The predicted molar refractivity (Wildman–Crippen MR) is 94.3 cm³/mol. The van der Waals surface area contributed by atoms with Gasteiger partial charge in [-0.05, 0) is 19.2 Å². The van der Waals surface area contributed by atoms with Crippen LogP contribution in [0, 0.1) is 0 Å². The summed E-state index contributed by atoms with van der Waals surface area (Å²) in [7, 11) is 1.81. The molecule has 2 aromatic rings. The highest BCUT2D eigenvalue weighted by Crippen LogP contribution is 2.28. The zero-order valence-corrected chi connectivity index (χ0v) is 15.1. The number of amides is 1. The van der Waals surface area contributed by atoms with Crippen molar-refractivity contribution < 1.29 is 4.79 Å². The van der Waals surface area contributed by atoms with Crippen molar-refractivity contribution in [3.8, 4) is 5.69 Å². The lowest BCUT2D eigenvalue weighted by Crippen LogP contribution is -2.31. The van der Waals surface area contributed by atoms with E-state index in [0.29, 0.717) is 41.1 Å². The predicted octanol–water partition coefficient (Wildman–Crippen LogP) is 2.51. The zero-order chi connectivity index (χ0) is 16.1. The summed E-state index contributed by atoms with van der Waals surface area (Å²) in [6, 6.07) is 5.19. The molecule has 0 bridgehead atoms. The largest absolute Gasteiger partial charge is 0.348 e. The number of likely N-dealkylation sites (N-methyl/N-ethyl adjacent to an activating group) is 1. The molecule has 0 spiro atoms. The summed E-state index contributed by atoms with van der Waals surface area (Å²) in [6.45, 7) is 3.09. The van der Waals surface area contributed by atoms with Crippen LogP contribution in [-0.4, -0.2) is 40.8 Å². The van der Waals surface area contributed by atoms with E-state index in [1.165, 1.54) is 4.68 Å². The topological polar surface area (TPSA) is 71.8 Å². The van der Waals surface area contributed by atoms with Crippen molar-refractivity contribution in [3.63, 3.8) is 0 Å². The minimum Gasteiger partial charge on any atom is -0.348 e. The molecule has 126 valence electrons. The first-order chi connectivity index (χ1) is 10.6. The molecule has 1 aromatic heterocycles. The first kappa shape index (κ1) is 19.7. The van der Waals surface area contributed by atoms with Crippen LogP contribution in [0.1, 0.15) is 23.4 Å². The number of para-hydroxylation sites is 1. The molecule has 0 unspecified atom stereocenters. The molecule has 0 aliphatic rings. The summed E-state index contributed by atoms with van der Waals surface area (Å²) in [6.07, 6.45) is 0.596. The molecule has 0 aliphatic carbocycles. The monoisotopic (exact) mass is 377 g/mol. The van der Waals surface area contributed by atoms with Crippen molar-refractivity contribution >= 4 is 41.5 Å². The van der Waals surface area contributed by atoms with Gasteiger partial charge in [0.05, 0.1) is 10.0 Å². The third kappa shape index (κ3) is 4.57. The molecule has 0 atom stereocenters. The molecule has 0 fully saturated rings. The Morgan fingerprint density at radius 3 is 2.48 bits per heavy atom. The number of carbonyl (C=O) groups is 1. The van der Waals surface area contributed by atoms with Crippen LogP contribution in [0.3, 0.4) is 0 Å². The quantitative estimate of drug-likeness (QED) is 0.758. The van der Waals surface area contributed by atoms with Crippen molar-refractivity contribution in [1.29, 1.82) is 0 Å². The summed E-state index contributed by atoms with van der Waals surface area (Å²) in [5, 5.41) is 10.8. The standard InChI is InChI=1S/C14H17Cl2N5O.ClH/c1-3-11-19-13(14(22)18-8-7-17-2)20-21(11)12-9(15)5-4-6-10(12)16;/h4-6,17H,3,7-8H2,1-2H3,(H,18,22);1H. The average molecular weight is 379 g/mol. The molecule has 6 nitrogen and oxygen atoms in total. The Morgan fingerprint density at radius 2 is 1.91 bits per heavy atom. The lowest BCUT2D eigenvalue weighted by atomic mass is 10.3. The number of aryl methyl sites for hydroxylation is 1. The molecule has 0 saturated carbocycles. The smallest absolute Gasteiger partial charge is 0.291 e. The van der Waals surface area contributed by atoms with Gasteiger partial charge in [0.25, 0.3) is 5.91 Å². The Kier molecular flexibility index (Phi) is 7.78. The van der Waals surface area contributed by atoms with Crippen molar-refractivity contribution in [2.75, 3.05) is 20.1 Å². The molecule has 0 saturated heterocycles. The van der Waals surface area contributed by atoms with Gasteiger partial charge in [-0.3, -0.25) is 4.79 Å². The summed E-state index contributed by atoms with van der Waals surface area (Å²) in [5.74, 6) is 0.393. The van der Waals surface area contributed by atoms with Crippen molar-refractivity contribution in [1.82, 2.24) is 25.4 Å². The number of nitrogens with zero attached hydrogens (tertiary/aromatic N) is 3. The molecule has 9 heteroatoms. The molecule has 0 radical (unpaired) electrons. The van der Waals surface area contributed by atoms with Crippen LogP contribution in [0.15, 0.2) is 18.2 Å². The summed E-state index contributed by atoms with van der Waals surface area (Å²) >= 11 is 12.4. The third-order valence-electron chi connectivity index (χ3n) is 3.00. The van der Waals surface area contributed by atoms with E-state index in [2.05, 4.69) is 20.7 Å². The van der Waals surface area contributed by atoms with E-state index >= 15 is 0 Å². The highest BCUT2D eigenvalue weighted by molar-refractivity contribution is 6.37. The van der Waals surface area contributed by atoms with Crippen molar-refractivity contribution in [2.24, 2.45) is 0 Å². The van der Waals surface area contributed by atoms with E-state index in [-0.39, 0.29) is 24.1 Å². The van der Waals surface area contributed by atoms with Gasteiger partial charge in [-0.25, -0.2) is 9.67 Å². The van der Waals surface area contributed by atoms with E-state index in [9.17, 15) is 4.79 Å². The fourth-order valence-corrected chi connectivity index (χ4v) is 2.48. The second-order valence-corrected chi connectivity index (χ2v) is 5.36. The molecular weight excluding hydrogens is 361 g/mol. The summed E-state index contributed by atoms with van der Waals surface area (Å²) < 4.78 is 1.53. The lowest BCUT2D eigenvalue weighted by Gasteiger charge is -2.08. The average Bonchev–Trinajstić information content (AvgIpc) is 2.91. The van der Waals surface area contributed by atoms with Gasteiger partial charge in [-0.2, -0.15) is 0 Å². The third-order valence-corrected chi connectivity index (χ3v) is 3.61. The van der Waals surface area contributed by atoms with E-state index in [4.69, 9.17) is 23.2 Å². The highest BCUT2D eigenvalue weighted by Gasteiger charge is 2.19. The van der Waals surface area contributed by atoms with Gasteiger partial charge in [0, 0.05) is 19.5 Å². The zero-order valence-electron chi connectivity index (χ0n) is 12.8. The molecule has 1 amide bonds. The second kappa shape index (κ2) is 9.08. The van der Waals surface area contributed by atoms with Crippen LogP contribution in [0.2, 0.25) is 10.0 Å². The Hall–Kier alpha value is -1.34. The molecular formula is C14H18Cl3N5O. The van der Waals surface area contributed by atoms with E-state index in [1.54, 1.807) is 18.2 Å². The van der Waals surface area contributed by atoms with Crippen molar-refractivity contribution in [2.45, 2.75) is 13.3 Å². The molecule has 1 heterocycles. The number of hydrogen-bond acceptors (Lipinski definition) is 4. The van der Waals surface area contributed by atoms with E-state index in [1.807, 2.05) is 14.0 Å². The minimum absolute atomic E-state index is 0. The Balaban J connectivity index is 0.00000264. The van der Waals surface area contributed by atoms with Gasteiger partial charge in [0.2, 0.25) is 5.82 Å². The van der Waals surface area contributed by atoms with Gasteiger partial charge < -0.3 is 10.6 Å². The maximum atomic E-state index is 12.1. The van der Waals surface area contributed by atoms with Gasteiger partial charge in [0.1, 0.15) is 11.5 Å². The number of rotatable bonds is 6. The fraction of sp³-hybridized carbons (Fsp3) is 0.357. The highest BCUT2D eigenvalue weighted by atomic mass is 35.5. The normalized spacial score (nSPS) is 10.3. The first-order valence-corrected chi connectivity index (χ1v) is 7.67. The van der Waals surface area contributed by atoms with Crippen LogP contribution >= 0.6 is 35.6 Å². The maximum Gasteiger partial charge on any atom is 0.291 e. The van der Waals surface area contributed by atoms with Crippen LogP contribution in [-0.2, 0) is 6.42 Å². The molecule has 23 heavy (non-hydrogen) atoms. The van der Waals surface area contributed by atoms with Gasteiger partial charge >= 0.3 is 0 Å². The summed E-state index contributed by atoms with van der Waals surface area (Å²) in [5.41, 5.74) is 0.532. The number of halogens is 3. The van der Waals surface area contributed by atoms with E-state index in [0.717, 1.165) is 0 Å². The summed E-state index contributed by atoms with van der Waals surface area (Å²) in [4.78, 5) is 16.3. The number of carbonyl (C=O) groups excluding carboxylic acids is 1. The number of nitrogens with one attached hydrogen (secondary N) is 2. The molecule has 0 aliphatic heterocycles. The number of hydrogen-bond donors (Lipinski definition) is 2. The Bertz CT molecular complexity index is 654. The first-order valence-electron chi connectivity index (χ1n) is 6.91. The van der Waals surface area contributed by atoms with Gasteiger partial charge in [-0.15, -0.1) is 17.5 Å².